The molecule has 3 aliphatic heterocycles. The minimum atomic E-state index is -0.422. The van der Waals surface area contributed by atoms with Crippen molar-refractivity contribution in [3.63, 3.8) is 0 Å². The molecule has 216 valence electrons. The fourth-order valence-corrected chi connectivity index (χ4v) is 5.90. The Kier molecular flexibility index (Phi) is 8.21. The van der Waals surface area contributed by atoms with Crippen LogP contribution in [0.2, 0.25) is 0 Å². The number of piperidine rings is 1. The van der Waals surface area contributed by atoms with Crippen LogP contribution in [-0.4, -0.2) is 73.2 Å². The minimum Gasteiger partial charge on any atom is -0.493 e. The second-order valence-corrected chi connectivity index (χ2v) is 11.2. The van der Waals surface area contributed by atoms with Gasteiger partial charge in [-0.15, -0.1) is 0 Å². The molecule has 2 saturated heterocycles. The Balaban J connectivity index is 1.18. The van der Waals surface area contributed by atoms with Crippen LogP contribution in [-0.2, 0) is 20.9 Å². The molecule has 0 aromatic heterocycles. The molecule has 0 radical (unpaired) electrons. The van der Waals surface area contributed by atoms with Crippen LogP contribution in [0, 0.1) is 11.2 Å². The van der Waals surface area contributed by atoms with Crippen LogP contribution in [0.5, 0.6) is 11.5 Å². The molecule has 0 N–H and O–H groups in total. The Bertz CT molecular complexity index is 1250. The second kappa shape index (κ2) is 11.6. The van der Waals surface area contributed by atoms with Gasteiger partial charge in [0.25, 0.3) is 0 Å². The number of rotatable bonds is 9. The smallest absolute Gasteiger partial charge is 0.311 e. The summed E-state index contributed by atoms with van der Waals surface area (Å²) in [5, 5.41) is 4.46. The van der Waals surface area contributed by atoms with Crippen molar-refractivity contribution in [2.45, 2.75) is 59.1 Å². The van der Waals surface area contributed by atoms with Gasteiger partial charge in [0.2, 0.25) is 0 Å². The van der Waals surface area contributed by atoms with Crippen molar-refractivity contribution >= 4 is 11.8 Å². The molecule has 2 aromatic carbocycles. The lowest BCUT2D eigenvalue weighted by Crippen LogP contribution is -2.61. The van der Waals surface area contributed by atoms with Crippen molar-refractivity contribution < 1.29 is 28.2 Å². The van der Waals surface area contributed by atoms with E-state index in [0.29, 0.717) is 25.6 Å². The van der Waals surface area contributed by atoms with Gasteiger partial charge in [-0.3, -0.25) is 9.69 Å². The molecule has 2 aromatic rings. The molecule has 0 amide bonds. The number of amidine groups is 1. The minimum absolute atomic E-state index is 0.0988. The molecule has 3 aliphatic rings. The van der Waals surface area contributed by atoms with Gasteiger partial charge in [0, 0.05) is 49.9 Å². The fraction of sp³-hybridized carbons (Fsp3) is 0.548. The summed E-state index contributed by atoms with van der Waals surface area (Å²) >= 11 is 0. The lowest BCUT2D eigenvalue weighted by molar-refractivity contribution is -0.156. The number of nitrogens with zero attached hydrogens (tertiary/aromatic N) is 3. The summed E-state index contributed by atoms with van der Waals surface area (Å²) in [7, 11) is 0. The van der Waals surface area contributed by atoms with Gasteiger partial charge in [-0.2, -0.15) is 0 Å². The topological polar surface area (TPSA) is 72.8 Å². The van der Waals surface area contributed by atoms with Crippen LogP contribution in [0.25, 0.3) is 11.1 Å². The second-order valence-electron chi connectivity index (χ2n) is 11.2. The first-order chi connectivity index (χ1) is 19.3. The van der Waals surface area contributed by atoms with Crippen molar-refractivity contribution in [3.8, 4) is 22.6 Å². The molecule has 3 heterocycles. The number of ether oxygens (including phenoxy) is 3. The van der Waals surface area contributed by atoms with E-state index in [-0.39, 0.29) is 17.4 Å². The van der Waals surface area contributed by atoms with Crippen molar-refractivity contribution in [3.05, 3.63) is 47.8 Å². The largest absolute Gasteiger partial charge is 0.493 e. The van der Waals surface area contributed by atoms with Gasteiger partial charge in [-0.25, -0.2) is 4.39 Å². The molecule has 1 spiro atoms. The van der Waals surface area contributed by atoms with E-state index in [0.717, 1.165) is 80.3 Å². The Morgan fingerprint density at radius 2 is 1.62 bits per heavy atom. The van der Waals surface area contributed by atoms with E-state index in [1.54, 1.807) is 6.07 Å². The highest BCUT2D eigenvalue weighted by Gasteiger charge is 2.51. The van der Waals surface area contributed by atoms with Crippen LogP contribution in [0.3, 0.4) is 0 Å². The Labute approximate surface area is 236 Å². The van der Waals surface area contributed by atoms with Crippen molar-refractivity contribution in [2.24, 2.45) is 10.6 Å². The van der Waals surface area contributed by atoms with Crippen LogP contribution in [0.1, 0.15) is 52.5 Å². The summed E-state index contributed by atoms with van der Waals surface area (Å²) in [6.45, 7) is 13.0. The molecule has 9 heteroatoms. The maximum atomic E-state index is 13.9. The third kappa shape index (κ3) is 5.75. The van der Waals surface area contributed by atoms with Gasteiger partial charge in [-0.05, 0) is 64.3 Å². The number of hydrogen-bond acceptors (Lipinski definition) is 8. The molecule has 0 atom stereocenters. The highest BCUT2D eigenvalue weighted by molar-refractivity contribution is 5.85. The number of carbonyl (C=O) groups is 1. The van der Waals surface area contributed by atoms with Gasteiger partial charge in [0.1, 0.15) is 23.2 Å². The average molecular weight is 554 g/mol. The van der Waals surface area contributed by atoms with Crippen molar-refractivity contribution in [2.75, 3.05) is 46.0 Å². The van der Waals surface area contributed by atoms with E-state index in [2.05, 4.69) is 27.1 Å². The first kappa shape index (κ1) is 28.2. The van der Waals surface area contributed by atoms with E-state index in [1.165, 1.54) is 12.1 Å². The zero-order valence-electron chi connectivity index (χ0n) is 24.0. The van der Waals surface area contributed by atoms with Gasteiger partial charge < -0.3 is 23.9 Å². The Hall–Kier alpha value is -3.33. The Morgan fingerprint density at radius 3 is 2.27 bits per heavy atom. The normalized spacial score (nSPS) is 19.5. The summed E-state index contributed by atoms with van der Waals surface area (Å²) in [5.74, 6) is 1.82. The highest BCUT2D eigenvalue weighted by atomic mass is 19.1. The predicted molar refractivity (Wildman–Crippen MR) is 151 cm³/mol. The van der Waals surface area contributed by atoms with Gasteiger partial charge in [0.05, 0.1) is 31.7 Å². The van der Waals surface area contributed by atoms with Crippen LogP contribution >= 0.6 is 0 Å². The summed E-state index contributed by atoms with van der Waals surface area (Å²) in [5.41, 5.74) is 2.13. The predicted octanol–water partition coefficient (Wildman–Crippen LogP) is 5.24. The van der Waals surface area contributed by atoms with Crippen molar-refractivity contribution in [1.29, 1.82) is 0 Å². The number of likely N-dealkylation sites (tertiary alicyclic amines) is 2. The first-order valence-electron chi connectivity index (χ1n) is 14.4. The maximum absolute atomic E-state index is 13.9. The number of halogens is 1. The lowest BCUT2D eigenvalue weighted by atomic mass is 9.80. The standard InChI is InChI=1S/C31H40FN3O5/c1-5-37-26-16-22(8-10-24(26)25-11-9-23(32)17-27(25)38-6-2)19-34-20-31(21-34)18-28(33-40-31)35-14-12-30(4,13-15-35)29(36)39-7-3/h8-11,16-17H,5-7,12-15,18-21H2,1-4H3. The quantitative estimate of drug-likeness (QED) is 0.393. The number of esters is 1. The first-order valence-corrected chi connectivity index (χ1v) is 14.4. The molecule has 40 heavy (non-hydrogen) atoms. The number of benzene rings is 2. The zero-order valence-corrected chi connectivity index (χ0v) is 24.0. The molecule has 0 aliphatic carbocycles. The molecule has 5 rings (SSSR count). The van der Waals surface area contributed by atoms with Gasteiger partial charge >= 0.3 is 5.97 Å². The number of oxime groups is 1. The van der Waals surface area contributed by atoms with Crippen LogP contribution in [0.15, 0.2) is 41.6 Å². The lowest BCUT2D eigenvalue weighted by Gasteiger charge is -2.45. The van der Waals surface area contributed by atoms with E-state index in [1.807, 2.05) is 33.8 Å². The van der Waals surface area contributed by atoms with Crippen molar-refractivity contribution in [1.82, 2.24) is 9.80 Å². The molecule has 8 nitrogen and oxygen atoms in total. The Morgan fingerprint density at radius 1 is 0.975 bits per heavy atom. The molecule has 0 unspecified atom stereocenters. The van der Waals surface area contributed by atoms with E-state index < -0.39 is 5.41 Å². The monoisotopic (exact) mass is 553 g/mol. The summed E-state index contributed by atoms with van der Waals surface area (Å²) in [4.78, 5) is 23.0. The molecule has 0 bridgehead atoms. The molecule has 0 saturated carbocycles. The summed E-state index contributed by atoms with van der Waals surface area (Å²) in [6, 6.07) is 10.8. The zero-order chi connectivity index (χ0) is 28.3. The van der Waals surface area contributed by atoms with E-state index in [4.69, 9.17) is 19.0 Å². The fourth-order valence-electron chi connectivity index (χ4n) is 5.90. The molecule has 2 fully saturated rings. The van der Waals surface area contributed by atoms with Crippen LogP contribution < -0.4 is 9.47 Å². The summed E-state index contributed by atoms with van der Waals surface area (Å²) in [6.07, 6.45) is 2.30. The number of carbonyl (C=O) groups excluding carboxylic acids is 1. The molecular weight excluding hydrogens is 513 g/mol. The van der Waals surface area contributed by atoms with E-state index in [9.17, 15) is 9.18 Å². The highest BCUT2D eigenvalue weighted by Crippen LogP contribution is 2.40. The summed E-state index contributed by atoms with van der Waals surface area (Å²) < 4.78 is 30.9. The average Bonchev–Trinajstić information content (AvgIpc) is 3.36. The molecular formula is C31H40FN3O5. The van der Waals surface area contributed by atoms with Gasteiger partial charge in [0.15, 0.2) is 5.60 Å². The third-order valence-electron chi connectivity index (χ3n) is 8.13. The maximum Gasteiger partial charge on any atom is 0.311 e. The van der Waals surface area contributed by atoms with Crippen LogP contribution in [0.4, 0.5) is 4.39 Å². The van der Waals surface area contributed by atoms with E-state index >= 15 is 0 Å². The number of hydrogen-bond donors (Lipinski definition) is 0. The SMILES string of the molecule is CCOC(=O)C1(C)CCN(C2=NOC3(C2)CN(Cc2ccc(-c4ccc(F)cc4OCC)c(OCC)c2)C3)CC1. The third-order valence-corrected chi connectivity index (χ3v) is 8.13. The van der Waals surface area contributed by atoms with Gasteiger partial charge in [-0.1, -0.05) is 17.3 Å².